The van der Waals surface area contributed by atoms with E-state index in [4.69, 9.17) is 16.0 Å². The van der Waals surface area contributed by atoms with Gasteiger partial charge >= 0.3 is 5.63 Å². The van der Waals surface area contributed by atoms with Gasteiger partial charge in [0.15, 0.2) is 0 Å². The Hall–Kier alpha value is -2.59. The average molecular weight is 297 g/mol. The van der Waals surface area contributed by atoms with Crippen molar-refractivity contribution in [3.8, 4) is 11.4 Å². The number of aromatic nitrogens is 2. The molecule has 102 valence electrons. The van der Waals surface area contributed by atoms with Gasteiger partial charge in [-0.05, 0) is 30.3 Å². The van der Waals surface area contributed by atoms with Crippen molar-refractivity contribution in [3.05, 3.63) is 64.0 Å². The molecule has 1 N–H and O–H groups in total. The minimum absolute atomic E-state index is 0.404. The van der Waals surface area contributed by atoms with Crippen LogP contribution in [0, 0.1) is 0 Å². The third-order valence-electron chi connectivity index (χ3n) is 3.34. The second kappa shape index (κ2) is 4.46. The molecule has 0 saturated carbocycles. The van der Waals surface area contributed by atoms with E-state index in [1.807, 2.05) is 30.3 Å². The van der Waals surface area contributed by atoms with Crippen molar-refractivity contribution >= 4 is 33.6 Å². The third kappa shape index (κ3) is 2.00. The zero-order chi connectivity index (χ0) is 14.4. The number of hydrogen-bond donors (Lipinski definition) is 1. The zero-order valence-electron chi connectivity index (χ0n) is 10.8. The molecule has 5 heteroatoms. The predicted molar refractivity (Wildman–Crippen MR) is 82.6 cm³/mol. The molecule has 21 heavy (non-hydrogen) atoms. The van der Waals surface area contributed by atoms with Crippen molar-refractivity contribution in [2.24, 2.45) is 0 Å². The van der Waals surface area contributed by atoms with Crippen molar-refractivity contribution in [2.75, 3.05) is 0 Å². The van der Waals surface area contributed by atoms with Gasteiger partial charge in [0, 0.05) is 16.5 Å². The molecule has 2 heterocycles. The van der Waals surface area contributed by atoms with E-state index in [2.05, 4.69) is 9.97 Å². The molecule has 0 fully saturated rings. The van der Waals surface area contributed by atoms with Crippen LogP contribution in [0.15, 0.2) is 57.7 Å². The van der Waals surface area contributed by atoms with Crippen LogP contribution >= 0.6 is 11.6 Å². The lowest BCUT2D eigenvalue weighted by molar-refractivity contribution is 0.563. The summed E-state index contributed by atoms with van der Waals surface area (Å²) in [6.45, 7) is 0. The van der Waals surface area contributed by atoms with Crippen LogP contribution in [0.2, 0.25) is 5.02 Å². The monoisotopic (exact) mass is 296 g/mol. The van der Waals surface area contributed by atoms with Gasteiger partial charge in [-0.3, -0.25) is 0 Å². The molecule has 0 bridgehead atoms. The third-order valence-corrected chi connectivity index (χ3v) is 3.58. The minimum atomic E-state index is -0.441. The van der Waals surface area contributed by atoms with E-state index in [-0.39, 0.29) is 0 Å². The second-order valence-corrected chi connectivity index (χ2v) is 5.17. The van der Waals surface area contributed by atoms with Crippen molar-refractivity contribution in [2.45, 2.75) is 0 Å². The van der Waals surface area contributed by atoms with Gasteiger partial charge in [-0.1, -0.05) is 23.7 Å². The van der Waals surface area contributed by atoms with Crippen molar-refractivity contribution in [3.63, 3.8) is 0 Å². The van der Waals surface area contributed by atoms with E-state index in [1.165, 1.54) is 0 Å². The van der Waals surface area contributed by atoms with Gasteiger partial charge < -0.3 is 9.40 Å². The molecule has 4 nitrogen and oxygen atoms in total. The summed E-state index contributed by atoms with van der Waals surface area (Å²) in [6.07, 6.45) is 0. The summed E-state index contributed by atoms with van der Waals surface area (Å²) in [5, 5.41) is 1.33. The van der Waals surface area contributed by atoms with Crippen LogP contribution in [0.4, 0.5) is 0 Å². The van der Waals surface area contributed by atoms with Crippen molar-refractivity contribution in [1.29, 1.82) is 0 Å². The fourth-order valence-corrected chi connectivity index (χ4v) is 2.49. The lowest BCUT2D eigenvalue weighted by Gasteiger charge is -2.00. The number of H-pyrrole nitrogens is 1. The molecule has 0 amide bonds. The average Bonchev–Trinajstić information content (AvgIpc) is 2.90. The molecule has 0 unspecified atom stereocenters. The highest BCUT2D eigenvalue weighted by Gasteiger charge is 2.12. The van der Waals surface area contributed by atoms with E-state index in [1.54, 1.807) is 18.2 Å². The van der Waals surface area contributed by atoms with Gasteiger partial charge in [-0.2, -0.15) is 0 Å². The molecule has 2 aromatic carbocycles. The van der Waals surface area contributed by atoms with Gasteiger partial charge in [0.25, 0.3) is 0 Å². The predicted octanol–water partition coefficient (Wildman–Crippen LogP) is 3.99. The molecule has 0 aliphatic rings. The molecular weight excluding hydrogens is 288 g/mol. The Bertz CT molecular complexity index is 1000. The number of imidazole rings is 1. The summed E-state index contributed by atoms with van der Waals surface area (Å²) in [5.74, 6) is 0.502. The molecule has 2 aromatic heterocycles. The zero-order valence-corrected chi connectivity index (χ0v) is 11.5. The lowest BCUT2D eigenvalue weighted by Crippen LogP contribution is -2.03. The molecule has 4 aromatic rings. The topological polar surface area (TPSA) is 58.9 Å². The Labute approximate surface area is 124 Å². The SMILES string of the molecule is O=c1oc2cc(Cl)ccc2cc1-c1nc2ccccc2[nH]1. The van der Waals surface area contributed by atoms with E-state index in [9.17, 15) is 4.79 Å². The normalized spacial score (nSPS) is 11.3. The number of hydrogen-bond acceptors (Lipinski definition) is 3. The molecule has 0 radical (unpaired) electrons. The maximum Gasteiger partial charge on any atom is 0.347 e. The van der Waals surface area contributed by atoms with Crippen LogP contribution in [0.3, 0.4) is 0 Å². The van der Waals surface area contributed by atoms with Gasteiger partial charge in [0.05, 0.1) is 11.0 Å². The summed E-state index contributed by atoms with van der Waals surface area (Å²) < 4.78 is 5.32. The molecule has 4 rings (SSSR count). The molecule has 0 aliphatic heterocycles. The van der Waals surface area contributed by atoms with Crippen LogP contribution in [0.5, 0.6) is 0 Å². The quantitative estimate of drug-likeness (QED) is 0.540. The van der Waals surface area contributed by atoms with Crippen molar-refractivity contribution in [1.82, 2.24) is 9.97 Å². The Balaban J connectivity index is 1.99. The highest BCUT2D eigenvalue weighted by atomic mass is 35.5. The molecule has 0 spiro atoms. The van der Waals surface area contributed by atoms with E-state index in [0.29, 0.717) is 22.0 Å². The minimum Gasteiger partial charge on any atom is -0.422 e. The smallest absolute Gasteiger partial charge is 0.347 e. The highest BCUT2D eigenvalue weighted by Crippen LogP contribution is 2.23. The molecular formula is C16H9ClN2O2. The number of para-hydroxylation sites is 2. The largest absolute Gasteiger partial charge is 0.422 e. The first-order chi connectivity index (χ1) is 10.2. The summed E-state index contributed by atoms with van der Waals surface area (Å²) in [7, 11) is 0. The summed E-state index contributed by atoms with van der Waals surface area (Å²) in [4.78, 5) is 19.7. The number of fused-ring (bicyclic) bond motifs is 2. The lowest BCUT2D eigenvalue weighted by atomic mass is 10.2. The number of nitrogens with zero attached hydrogens (tertiary/aromatic N) is 1. The Morgan fingerprint density at radius 3 is 2.81 bits per heavy atom. The van der Waals surface area contributed by atoms with Crippen LogP contribution in [-0.2, 0) is 0 Å². The number of rotatable bonds is 1. The molecule has 0 saturated heterocycles. The summed E-state index contributed by atoms with van der Waals surface area (Å²) >= 11 is 5.90. The molecule has 0 atom stereocenters. The van der Waals surface area contributed by atoms with Crippen LogP contribution < -0.4 is 5.63 Å². The van der Waals surface area contributed by atoms with E-state index >= 15 is 0 Å². The number of halogens is 1. The van der Waals surface area contributed by atoms with Crippen molar-refractivity contribution < 1.29 is 4.42 Å². The van der Waals surface area contributed by atoms with Gasteiger partial charge in [-0.15, -0.1) is 0 Å². The highest BCUT2D eigenvalue weighted by molar-refractivity contribution is 6.31. The first-order valence-electron chi connectivity index (χ1n) is 6.39. The first kappa shape index (κ1) is 12.2. The standard InChI is InChI=1S/C16H9ClN2O2/c17-10-6-5-9-7-11(16(20)21-14(9)8-10)15-18-12-3-1-2-4-13(12)19-15/h1-8H,(H,18,19). The van der Waals surface area contributed by atoms with Gasteiger partial charge in [0.1, 0.15) is 17.0 Å². The van der Waals surface area contributed by atoms with Gasteiger partial charge in [-0.25, -0.2) is 9.78 Å². The fourth-order valence-electron chi connectivity index (χ4n) is 2.33. The summed E-state index contributed by atoms with van der Waals surface area (Å²) in [6, 6.07) is 14.6. The van der Waals surface area contributed by atoms with Crippen LogP contribution in [-0.4, -0.2) is 9.97 Å². The Morgan fingerprint density at radius 2 is 1.95 bits per heavy atom. The summed E-state index contributed by atoms with van der Waals surface area (Å²) in [5.41, 5.74) is 2.11. The number of aromatic amines is 1. The number of nitrogens with one attached hydrogen (secondary N) is 1. The number of benzene rings is 2. The van der Waals surface area contributed by atoms with Crippen LogP contribution in [0.25, 0.3) is 33.4 Å². The van der Waals surface area contributed by atoms with E-state index in [0.717, 1.165) is 16.4 Å². The molecule has 0 aliphatic carbocycles. The Kier molecular flexibility index (Phi) is 2.59. The van der Waals surface area contributed by atoms with E-state index < -0.39 is 5.63 Å². The van der Waals surface area contributed by atoms with Crippen LogP contribution in [0.1, 0.15) is 0 Å². The maximum absolute atomic E-state index is 12.2. The van der Waals surface area contributed by atoms with Gasteiger partial charge in [0.2, 0.25) is 0 Å². The fraction of sp³-hybridized carbons (Fsp3) is 0. The Morgan fingerprint density at radius 1 is 1.10 bits per heavy atom. The maximum atomic E-state index is 12.2. The first-order valence-corrected chi connectivity index (χ1v) is 6.77. The second-order valence-electron chi connectivity index (χ2n) is 4.73.